The van der Waals surface area contributed by atoms with Crippen molar-refractivity contribution in [3.63, 3.8) is 0 Å². The summed E-state index contributed by atoms with van der Waals surface area (Å²) in [6.07, 6.45) is 0. The molecule has 2 aromatic rings. The lowest BCUT2D eigenvalue weighted by molar-refractivity contribution is 0.0515. The summed E-state index contributed by atoms with van der Waals surface area (Å²) in [5, 5.41) is 3.54. The SMILES string of the molecule is N/C(=N\OC(=O)c1ccccc1Br)c1ccc(F)cc1. The number of hydrogen-bond donors (Lipinski definition) is 1. The molecule has 4 nitrogen and oxygen atoms in total. The molecule has 20 heavy (non-hydrogen) atoms. The third kappa shape index (κ3) is 3.42. The van der Waals surface area contributed by atoms with Crippen LogP contribution in [0.3, 0.4) is 0 Å². The fraction of sp³-hybridized carbons (Fsp3) is 0. The fourth-order valence-corrected chi connectivity index (χ4v) is 1.89. The van der Waals surface area contributed by atoms with Crippen molar-refractivity contribution in [3.05, 3.63) is 69.9 Å². The molecule has 0 spiro atoms. The number of carbonyl (C=O) groups excluding carboxylic acids is 1. The van der Waals surface area contributed by atoms with Gasteiger partial charge in [-0.2, -0.15) is 0 Å². The summed E-state index contributed by atoms with van der Waals surface area (Å²) < 4.78 is 13.4. The van der Waals surface area contributed by atoms with E-state index >= 15 is 0 Å². The van der Waals surface area contributed by atoms with Gasteiger partial charge in [0, 0.05) is 10.0 Å². The molecule has 6 heteroatoms. The van der Waals surface area contributed by atoms with Crippen molar-refractivity contribution in [2.45, 2.75) is 0 Å². The van der Waals surface area contributed by atoms with Crippen LogP contribution in [0.5, 0.6) is 0 Å². The first-order valence-corrected chi connectivity index (χ1v) is 6.42. The number of rotatable bonds is 3. The molecule has 0 aliphatic heterocycles. The molecule has 0 saturated carbocycles. The van der Waals surface area contributed by atoms with E-state index in [1.807, 2.05) is 0 Å². The molecule has 2 aromatic carbocycles. The molecule has 0 heterocycles. The van der Waals surface area contributed by atoms with Crippen molar-refractivity contribution in [1.82, 2.24) is 0 Å². The molecular weight excluding hydrogens is 327 g/mol. The lowest BCUT2D eigenvalue weighted by atomic mass is 10.2. The lowest BCUT2D eigenvalue weighted by Gasteiger charge is -2.02. The Bertz CT molecular complexity index is 656. The van der Waals surface area contributed by atoms with E-state index in [4.69, 9.17) is 10.6 Å². The molecule has 0 fully saturated rings. The standard InChI is InChI=1S/C14H10BrFN2O2/c15-12-4-2-1-3-11(12)14(19)20-18-13(17)9-5-7-10(16)8-6-9/h1-8H,(H2,17,18). The highest BCUT2D eigenvalue weighted by molar-refractivity contribution is 9.10. The first-order chi connectivity index (χ1) is 9.58. The number of halogens is 2. The average Bonchev–Trinajstić information content (AvgIpc) is 2.45. The topological polar surface area (TPSA) is 64.7 Å². The van der Waals surface area contributed by atoms with E-state index in [1.165, 1.54) is 24.3 Å². The second-order valence-corrected chi connectivity index (χ2v) is 4.70. The van der Waals surface area contributed by atoms with Gasteiger partial charge in [0.2, 0.25) is 0 Å². The molecule has 2 rings (SSSR count). The van der Waals surface area contributed by atoms with Gasteiger partial charge in [-0.05, 0) is 52.3 Å². The predicted molar refractivity (Wildman–Crippen MR) is 76.7 cm³/mol. The Morgan fingerprint density at radius 2 is 1.80 bits per heavy atom. The van der Waals surface area contributed by atoms with E-state index in [0.29, 0.717) is 15.6 Å². The summed E-state index contributed by atoms with van der Waals surface area (Å²) in [7, 11) is 0. The molecule has 0 aliphatic carbocycles. The minimum absolute atomic E-state index is 0.00889. The van der Waals surface area contributed by atoms with Crippen LogP contribution in [0.4, 0.5) is 4.39 Å². The van der Waals surface area contributed by atoms with Gasteiger partial charge in [0.15, 0.2) is 5.84 Å². The molecular formula is C14H10BrFN2O2. The number of benzene rings is 2. The highest BCUT2D eigenvalue weighted by Gasteiger charge is 2.11. The third-order valence-electron chi connectivity index (χ3n) is 2.46. The van der Waals surface area contributed by atoms with Gasteiger partial charge in [-0.3, -0.25) is 0 Å². The second-order valence-electron chi connectivity index (χ2n) is 3.84. The zero-order chi connectivity index (χ0) is 14.5. The van der Waals surface area contributed by atoms with Crippen LogP contribution >= 0.6 is 15.9 Å². The number of amidine groups is 1. The van der Waals surface area contributed by atoms with Gasteiger partial charge >= 0.3 is 5.97 Å². The van der Waals surface area contributed by atoms with Gasteiger partial charge in [-0.15, -0.1) is 0 Å². The van der Waals surface area contributed by atoms with Crippen LogP contribution in [-0.2, 0) is 4.84 Å². The van der Waals surface area contributed by atoms with Crippen molar-refractivity contribution in [1.29, 1.82) is 0 Å². The summed E-state index contributed by atoms with van der Waals surface area (Å²) in [6.45, 7) is 0. The van der Waals surface area contributed by atoms with Crippen LogP contribution in [0.25, 0.3) is 0 Å². The van der Waals surface area contributed by atoms with E-state index in [2.05, 4.69) is 21.1 Å². The zero-order valence-electron chi connectivity index (χ0n) is 10.2. The Kier molecular flexibility index (Phi) is 4.47. The summed E-state index contributed by atoms with van der Waals surface area (Å²) in [5.41, 5.74) is 6.45. The van der Waals surface area contributed by atoms with E-state index < -0.39 is 5.97 Å². The number of nitrogens with zero attached hydrogens (tertiary/aromatic N) is 1. The van der Waals surface area contributed by atoms with Gasteiger partial charge in [-0.25, -0.2) is 9.18 Å². The molecule has 0 aromatic heterocycles. The van der Waals surface area contributed by atoms with Crippen LogP contribution in [0.1, 0.15) is 15.9 Å². The molecule has 0 radical (unpaired) electrons. The highest BCUT2D eigenvalue weighted by Crippen LogP contribution is 2.16. The number of nitrogens with two attached hydrogens (primary N) is 1. The number of oxime groups is 1. The minimum Gasteiger partial charge on any atom is -0.380 e. The summed E-state index contributed by atoms with van der Waals surface area (Å²) >= 11 is 3.23. The summed E-state index contributed by atoms with van der Waals surface area (Å²) in [6, 6.07) is 12.2. The van der Waals surface area contributed by atoms with Gasteiger partial charge in [0.1, 0.15) is 5.82 Å². The van der Waals surface area contributed by atoms with Crippen LogP contribution in [0, 0.1) is 5.82 Å². The molecule has 0 unspecified atom stereocenters. The lowest BCUT2D eigenvalue weighted by Crippen LogP contribution is -2.15. The van der Waals surface area contributed by atoms with E-state index in [0.717, 1.165) is 0 Å². The Balaban J connectivity index is 2.11. The minimum atomic E-state index is -0.637. The first kappa shape index (κ1) is 14.2. The Labute approximate surface area is 123 Å². The van der Waals surface area contributed by atoms with Crippen LogP contribution in [0.2, 0.25) is 0 Å². The first-order valence-electron chi connectivity index (χ1n) is 5.63. The van der Waals surface area contributed by atoms with E-state index in [-0.39, 0.29) is 11.7 Å². The summed E-state index contributed by atoms with van der Waals surface area (Å²) in [4.78, 5) is 16.5. The van der Waals surface area contributed by atoms with Gasteiger partial charge < -0.3 is 10.6 Å². The zero-order valence-corrected chi connectivity index (χ0v) is 11.8. The Hall–Kier alpha value is -2.21. The van der Waals surface area contributed by atoms with Crippen molar-refractivity contribution < 1.29 is 14.0 Å². The maximum atomic E-state index is 12.8. The van der Waals surface area contributed by atoms with Crippen molar-refractivity contribution >= 4 is 27.7 Å². The maximum Gasteiger partial charge on any atom is 0.366 e. The van der Waals surface area contributed by atoms with E-state index in [9.17, 15) is 9.18 Å². The second kappa shape index (κ2) is 6.29. The molecule has 0 bridgehead atoms. The molecule has 2 N–H and O–H groups in total. The van der Waals surface area contributed by atoms with Gasteiger partial charge in [0.25, 0.3) is 0 Å². The monoisotopic (exact) mass is 336 g/mol. The Morgan fingerprint density at radius 1 is 1.15 bits per heavy atom. The van der Waals surface area contributed by atoms with Gasteiger partial charge in [-0.1, -0.05) is 17.3 Å². The number of carbonyl (C=O) groups is 1. The molecule has 0 atom stereocenters. The quantitative estimate of drug-likeness (QED) is 0.405. The van der Waals surface area contributed by atoms with Crippen LogP contribution < -0.4 is 5.73 Å². The highest BCUT2D eigenvalue weighted by atomic mass is 79.9. The number of hydrogen-bond acceptors (Lipinski definition) is 3. The Morgan fingerprint density at radius 3 is 2.45 bits per heavy atom. The summed E-state index contributed by atoms with van der Waals surface area (Å²) in [5.74, 6) is -1.03. The van der Waals surface area contributed by atoms with Crippen molar-refractivity contribution in [2.75, 3.05) is 0 Å². The van der Waals surface area contributed by atoms with Gasteiger partial charge in [0.05, 0.1) is 5.56 Å². The molecule has 0 amide bonds. The normalized spacial score (nSPS) is 11.2. The van der Waals surface area contributed by atoms with Crippen LogP contribution in [-0.4, -0.2) is 11.8 Å². The molecule has 0 saturated heterocycles. The fourth-order valence-electron chi connectivity index (χ4n) is 1.44. The third-order valence-corrected chi connectivity index (χ3v) is 3.15. The largest absolute Gasteiger partial charge is 0.380 e. The van der Waals surface area contributed by atoms with Crippen LogP contribution in [0.15, 0.2) is 58.2 Å². The average molecular weight is 337 g/mol. The molecule has 0 aliphatic rings. The molecule has 102 valence electrons. The van der Waals surface area contributed by atoms with E-state index in [1.54, 1.807) is 24.3 Å². The smallest absolute Gasteiger partial charge is 0.366 e. The maximum absolute atomic E-state index is 12.8. The predicted octanol–water partition coefficient (Wildman–Crippen LogP) is 3.07. The van der Waals surface area contributed by atoms with Crippen molar-refractivity contribution in [3.8, 4) is 0 Å². The van der Waals surface area contributed by atoms with Crippen molar-refractivity contribution in [2.24, 2.45) is 10.9 Å².